The van der Waals surface area contributed by atoms with Gasteiger partial charge in [0, 0.05) is 0 Å². The van der Waals surface area contributed by atoms with Crippen LogP contribution in [0.4, 0.5) is 4.39 Å². The van der Waals surface area contributed by atoms with E-state index in [-0.39, 0.29) is 6.42 Å². The topological polar surface area (TPSA) is 113 Å². The third kappa shape index (κ3) is 6.06. The number of aliphatic carboxylic acids is 1. The lowest BCUT2D eigenvalue weighted by Crippen LogP contribution is -2.53. The molecule has 0 saturated carbocycles. The molecule has 0 heterocycles. The van der Waals surface area contributed by atoms with Crippen LogP contribution in [0.3, 0.4) is 0 Å². The first-order chi connectivity index (χ1) is 12.1. The van der Waals surface area contributed by atoms with E-state index >= 15 is 0 Å². The Morgan fingerprint density at radius 1 is 1.23 bits per heavy atom. The van der Waals surface area contributed by atoms with Gasteiger partial charge in [0.25, 0.3) is 0 Å². The first kappa shape index (κ1) is 22.0. The molecule has 3 N–H and O–H groups in total. The average Bonchev–Trinajstić information content (AvgIpc) is 2.56. The van der Waals surface area contributed by atoms with Crippen LogP contribution in [0, 0.1) is 11.7 Å². The van der Waals surface area contributed by atoms with Gasteiger partial charge in [-0.15, -0.1) is 0 Å². The predicted octanol–water partition coefficient (Wildman–Crippen LogP) is 1.89. The van der Waals surface area contributed by atoms with Crippen LogP contribution in [0.5, 0.6) is 0 Å². The summed E-state index contributed by atoms with van der Waals surface area (Å²) in [6.07, 6.45) is 1.60. The van der Waals surface area contributed by atoms with Crippen molar-refractivity contribution in [2.24, 2.45) is 5.92 Å². The normalized spacial score (nSPS) is 14.0. The van der Waals surface area contributed by atoms with Crippen LogP contribution >= 0.6 is 0 Å². The van der Waals surface area contributed by atoms with E-state index in [4.69, 9.17) is 0 Å². The number of nitrogens with one attached hydrogen (secondary N) is 2. The fraction of sp³-hybridized carbons (Fsp3) is 0.529. The van der Waals surface area contributed by atoms with Crippen LogP contribution < -0.4 is 10.0 Å². The summed E-state index contributed by atoms with van der Waals surface area (Å²) < 4.78 is 40.8. The zero-order valence-electron chi connectivity index (χ0n) is 15.0. The molecule has 9 heteroatoms. The SMILES string of the molecule is CCCC[C@H](NC(=O)[C@@H](NS(=O)(=O)c1ccccc1F)C(C)C)C(=O)O. The quantitative estimate of drug-likeness (QED) is 0.567. The summed E-state index contributed by atoms with van der Waals surface area (Å²) >= 11 is 0. The number of carboxylic acids is 1. The Morgan fingerprint density at radius 2 is 1.85 bits per heavy atom. The van der Waals surface area contributed by atoms with Crippen molar-refractivity contribution in [1.82, 2.24) is 10.0 Å². The Kier molecular flexibility index (Phi) is 8.16. The minimum atomic E-state index is -4.29. The van der Waals surface area contributed by atoms with E-state index in [0.29, 0.717) is 6.42 Å². The number of unbranched alkanes of at least 4 members (excludes halogenated alkanes) is 1. The van der Waals surface area contributed by atoms with E-state index in [1.807, 2.05) is 6.92 Å². The molecule has 1 aromatic carbocycles. The van der Waals surface area contributed by atoms with Gasteiger partial charge in [0.15, 0.2) is 0 Å². The number of hydrogen-bond acceptors (Lipinski definition) is 4. The van der Waals surface area contributed by atoms with E-state index in [1.165, 1.54) is 12.1 Å². The number of benzene rings is 1. The molecule has 7 nitrogen and oxygen atoms in total. The second-order valence-electron chi connectivity index (χ2n) is 6.32. The van der Waals surface area contributed by atoms with Gasteiger partial charge in [-0.1, -0.05) is 45.7 Å². The number of carbonyl (C=O) groups excluding carboxylic acids is 1. The highest BCUT2D eigenvalue weighted by molar-refractivity contribution is 7.89. The monoisotopic (exact) mass is 388 g/mol. The Morgan fingerprint density at radius 3 is 2.35 bits per heavy atom. The minimum absolute atomic E-state index is 0.239. The fourth-order valence-corrected chi connectivity index (χ4v) is 3.74. The summed E-state index contributed by atoms with van der Waals surface area (Å²) in [5.41, 5.74) is 0. The van der Waals surface area contributed by atoms with Crippen molar-refractivity contribution in [1.29, 1.82) is 0 Å². The predicted molar refractivity (Wildman–Crippen MR) is 94.4 cm³/mol. The maximum Gasteiger partial charge on any atom is 0.326 e. The van der Waals surface area contributed by atoms with Crippen LogP contribution in [0.15, 0.2) is 29.2 Å². The number of sulfonamides is 1. The van der Waals surface area contributed by atoms with Gasteiger partial charge in [0.05, 0.1) is 0 Å². The highest BCUT2D eigenvalue weighted by Gasteiger charge is 2.32. The fourth-order valence-electron chi connectivity index (χ4n) is 2.31. The van der Waals surface area contributed by atoms with Crippen molar-refractivity contribution >= 4 is 21.9 Å². The maximum absolute atomic E-state index is 13.8. The summed E-state index contributed by atoms with van der Waals surface area (Å²) in [5, 5.41) is 11.6. The van der Waals surface area contributed by atoms with Crippen molar-refractivity contribution in [3.05, 3.63) is 30.1 Å². The van der Waals surface area contributed by atoms with Gasteiger partial charge in [-0.25, -0.2) is 17.6 Å². The first-order valence-corrected chi connectivity index (χ1v) is 9.88. The number of rotatable bonds is 10. The van der Waals surface area contributed by atoms with Crippen LogP contribution in [0.1, 0.15) is 40.0 Å². The van der Waals surface area contributed by atoms with Gasteiger partial charge in [-0.2, -0.15) is 4.72 Å². The average molecular weight is 388 g/mol. The van der Waals surface area contributed by atoms with Crippen molar-refractivity contribution < 1.29 is 27.5 Å². The van der Waals surface area contributed by atoms with Crippen LogP contribution in [-0.4, -0.2) is 37.5 Å². The Bertz CT molecular complexity index is 736. The molecule has 0 saturated heterocycles. The van der Waals surface area contributed by atoms with E-state index in [1.54, 1.807) is 13.8 Å². The second kappa shape index (κ2) is 9.63. The molecule has 0 unspecified atom stereocenters. The molecule has 1 aromatic rings. The van der Waals surface area contributed by atoms with Gasteiger partial charge < -0.3 is 10.4 Å². The van der Waals surface area contributed by atoms with E-state index in [2.05, 4.69) is 10.0 Å². The largest absolute Gasteiger partial charge is 0.480 e. The smallest absolute Gasteiger partial charge is 0.326 e. The summed E-state index contributed by atoms with van der Waals surface area (Å²) in [5.74, 6) is -3.36. The number of hydrogen-bond donors (Lipinski definition) is 3. The number of halogens is 1. The Labute approximate surface area is 153 Å². The molecule has 0 aromatic heterocycles. The lowest BCUT2D eigenvalue weighted by molar-refractivity contribution is -0.142. The lowest BCUT2D eigenvalue weighted by Gasteiger charge is -2.24. The number of carboxylic acid groups (broad SMARTS) is 1. The summed E-state index contributed by atoms with van der Waals surface area (Å²) in [6.45, 7) is 5.10. The van der Waals surface area contributed by atoms with Crippen LogP contribution in [0.2, 0.25) is 0 Å². The molecule has 26 heavy (non-hydrogen) atoms. The second-order valence-corrected chi connectivity index (χ2v) is 8.00. The Balaban J connectivity index is 2.99. The van der Waals surface area contributed by atoms with Gasteiger partial charge in [0.2, 0.25) is 15.9 Å². The van der Waals surface area contributed by atoms with Crippen LogP contribution in [-0.2, 0) is 19.6 Å². The van der Waals surface area contributed by atoms with E-state index in [0.717, 1.165) is 18.6 Å². The van der Waals surface area contributed by atoms with Crippen LogP contribution in [0.25, 0.3) is 0 Å². The highest BCUT2D eigenvalue weighted by atomic mass is 32.2. The first-order valence-electron chi connectivity index (χ1n) is 8.40. The molecular weight excluding hydrogens is 363 g/mol. The molecule has 1 rings (SSSR count). The summed E-state index contributed by atoms with van der Waals surface area (Å²) in [7, 11) is -4.29. The van der Waals surface area contributed by atoms with E-state index in [9.17, 15) is 27.5 Å². The van der Waals surface area contributed by atoms with Crippen molar-refractivity contribution in [2.45, 2.75) is 57.0 Å². The van der Waals surface area contributed by atoms with Crippen molar-refractivity contribution in [3.8, 4) is 0 Å². The van der Waals surface area contributed by atoms with Gasteiger partial charge in [-0.3, -0.25) is 4.79 Å². The number of amides is 1. The van der Waals surface area contributed by atoms with Crippen molar-refractivity contribution in [3.63, 3.8) is 0 Å². The maximum atomic E-state index is 13.8. The summed E-state index contributed by atoms with van der Waals surface area (Å²) in [4.78, 5) is 23.2. The minimum Gasteiger partial charge on any atom is -0.480 e. The summed E-state index contributed by atoms with van der Waals surface area (Å²) in [6, 6.07) is 2.47. The van der Waals surface area contributed by atoms with Gasteiger partial charge in [-0.05, 0) is 24.5 Å². The zero-order valence-corrected chi connectivity index (χ0v) is 15.8. The third-order valence-electron chi connectivity index (χ3n) is 3.82. The molecule has 146 valence electrons. The molecule has 0 aliphatic rings. The molecule has 0 aliphatic heterocycles. The zero-order chi connectivity index (χ0) is 19.9. The van der Waals surface area contributed by atoms with Crippen molar-refractivity contribution in [2.75, 3.05) is 0 Å². The van der Waals surface area contributed by atoms with E-state index < -0.39 is 50.6 Å². The molecule has 0 spiro atoms. The standard InChI is InChI=1S/C17H25FN2O5S/c1-4-5-9-13(17(22)23)19-16(21)15(11(2)3)20-26(24,25)14-10-7-6-8-12(14)18/h6-8,10-11,13,15,20H,4-5,9H2,1-3H3,(H,19,21)(H,22,23)/t13-,15-/m0/s1. The molecule has 2 atom stereocenters. The Hall–Kier alpha value is -2.00. The van der Waals surface area contributed by atoms with Gasteiger partial charge in [0.1, 0.15) is 22.8 Å². The molecular formula is C17H25FN2O5S. The third-order valence-corrected chi connectivity index (χ3v) is 5.29. The molecule has 0 fully saturated rings. The highest BCUT2D eigenvalue weighted by Crippen LogP contribution is 2.16. The molecule has 0 radical (unpaired) electrons. The molecule has 1 amide bonds. The molecule has 0 bridgehead atoms. The van der Waals surface area contributed by atoms with Gasteiger partial charge >= 0.3 is 5.97 Å². The lowest BCUT2D eigenvalue weighted by atomic mass is 10.0. The number of carbonyl (C=O) groups is 2. The molecule has 0 aliphatic carbocycles.